The number of benzene rings is 1. The molecular formula is C9H10BrNS. The largest absolute Gasteiger partial charge is 0.256 e. The summed E-state index contributed by atoms with van der Waals surface area (Å²) in [5, 5.41) is 0. The van der Waals surface area contributed by atoms with Gasteiger partial charge in [-0.2, -0.15) is 0 Å². The molecule has 0 heterocycles. The lowest BCUT2D eigenvalue weighted by Gasteiger charge is -2.02. The first-order valence-corrected chi connectivity index (χ1v) is 5.20. The van der Waals surface area contributed by atoms with Crippen LogP contribution in [0.2, 0.25) is 0 Å². The van der Waals surface area contributed by atoms with E-state index >= 15 is 0 Å². The highest BCUT2D eigenvalue weighted by atomic mass is 79.9. The molecule has 12 heavy (non-hydrogen) atoms. The van der Waals surface area contributed by atoms with Gasteiger partial charge in [0.05, 0.1) is 0 Å². The lowest BCUT2D eigenvalue weighted by atomic mass is 10.4. The fraction of sp³-hybridized carbons (Fsp3) is 0.111. The van der Waals surface area contributed by atoms with E-state index in [4.69, 9.17) is 0 Å². The van der Waals surface area contributed by atoms with Gasteiger partial charge in [0.15, 0.2) is 0 Å². The molecule has 64 valence electrons. The maximum Gasteiger partial charge on any atom is 0.0370 e. The third-order valence-corrected chi connectivity index (χ3v) is 3.09. The molecule has 0 saturated heterocycles. The van der Waals surface area contributed by atoms with Crippen molar-refractivity contribution in [3.63, 3.8) is 0 Å². The molecule has 0 saturated carbocycles. The number of hydrogen-bond acceptors (Lipinski definition) is 2. The van der Waals surface area contributed by atoms with Gasteiger partial charge in [0, 0.05) is 15.9 Å². The van der Waals surface area contributed by atoms with Crippen LogP contribution >= 0.6 is 27.9 Å². The predicted molar refractivity (Wildman–Crippen MR) is 58.2 cm³/mol. The first-order valence-electron chi connectivity index (χ1n) is 3.59. The van der Waals surface area contributed by atoms with Crippen molar-refractivity contribution >= 4 is 27.9 Å². The van der Waals surface area contributed by atoms with E-state index in [1.165, 1.54) is 4.90 Å². The van der Waals surface area contributed by atoms with Gasteiger partial charge in [0.25, 0.3) is 0 Å². The lowest BCUT2D eigenvalue weighted by molar-refractivity contribution is 1.12. The summed E-state index contributed by atoms with van der Waals surface area (Å²) in [5.41, 5.74) is 0. The molecule has 1 aromatic rings. The second-order valence-corrected chi connectivity index (χ2v) is 3.96. The van der Waals surface area contributed by atoms with Crippen LogP contribution in [0.5, 0.6) is 0 Å². The van der Waals surface area contributed by atoms with Crippen molar-refractivity contribution in [1.82, 2.24) is 4.72 Å². The van der Waals surface area contributed by atoms with Crippen molar-refractivity contribution in [2.24, 2.45) is 0 Å². The highest BCUT2D eigenvalue weighted by molar-refractivity contribution is 9.10. The van der Waals surface area contributed by atoms with Gasteiger partial charge in [-0.25, -0.2) is 0 Å². The van der Waals surface area contributed by atoms with E-state index in [1.807, 2.05) is 24.3 Å². The Morgan fingerprint density at radius 1 is 1.50 bits per heavy atom. The van der Waals surface area contributed by atoms with Gasteiger partial charge >= 0.3 is 0 Å². The smallest absolute Gasteiger partial charge is 0.0370 e. The van der Waals surface area contributed by atoms with Crippen LogP contribution in [0.15, 0.2) is 46.3 Å². The Kier molecular flexibility index (Phi) is 4.43. The summed E-state index contributed by atoms with van der Waals surface area (Å²) in [6.45, 7) is 4.44. The lowest BCUT2D eigenvalue weighted by Crippen LogP contribution is -2.01. The van der Waals surface area contributed by atoms with Crippen LogP contribution < -0.4 is 4.72 Å². The maximum atomic E-state index is 3.63. The minimum absolute atomic E-state index is 0.812. The molecule has 0 aliphatic rings. The van der Waals surface area contributed by atoms with E-state index in [1.54, 1.807) is 11.9 Å². The Morgan fingerprint density at radius 3 is 2.92 bits per heavy atom. The Bertz CT molecular complexity index is 262. The molecule has 0 fully saturated rings. The Labute approximate surface area is 85.5 Å². The molecule has 1 rings (SSSR count). The van der Waals surface area contributed by atoms with E-state index in [9.17, 15) is 0 Å². The maximum absolute atomic E-state index is 3.63. The Balaban J connectivity index is 2.51. The summed E-state index contributed by atoms with van der Waals surface area (Å²) in [5.74, 6) is 0. The second kappa shape index (κ2) is 5.41. The number of rotatable bonds is 4. The van der Waals surface area contributed by atoms with E-state index in [0.29, 0.717) is 0 Å². The van der Waals surface area contributed by atoms with Gasteiger partial charge in [-0.15, -0.1) is 6.58 Å². The van der Waals surface area contributed by atoms with Gasteiger partial charge in [0.1, 0.15) is 0 Å². The third kappa shape index (κ3) is 3.01. The van der Waals surface area contributed by atoms with E-state index in [2.05, 4.69) is 33.3 Å². The normalized spacial score (nSPS) is 9.75. The first kappa shape index (κ1) is 9.84. The molecule has 1 aromatic carbocycles. The first-order chi connectivity index (χ1) is 5.84. The van der Waals surface area contributed by atoms with Crippen molar-refractivity contribution in [2.75, 3.05) is 6.54 Å². The van der Waals surface area contributed by atoms with Crippen molar-refractivity contribution in [1.29, 1.82) is 0 Å². The zero-order valence-electron chi connectivity index (χ0n) is 6.59. The topological polar surface area (TPSA) is 12.0 Å². The Morgan fingerprint density at radius 2 is 2.25 bits per heavy atom. The predicted octanol–water partition coefficient (Wildman–Crippen LogP) is 3.23. The SMILES string of the molecule is C=CCNSc1ccccc1Br. The van der Waals surface area contributed by atoms with Crippen LogP contribution in [0.3, 0.4) is 0 Å². The van der Waals surface area contributed by atoms with Gasteiger partial charge < -0.3 is 0 Å². The number of nitrogens with one attached hydrogen (secondary N) is 1. The second-order valence-electron chi connectivity index (χ2n) is 2.17. The van der Waals surface area contributed by atoms with Crippen LogP contribution in [0.4, 0.5) is 0 Å². The zero-order valence-corrected chi connectivity index (χ0v) is 8.99. The summed E-state index contributed by atoms with van der Waals surface area (Å²) in [7, 11) is 0. The van der Waals surface area contributed by atoms with Crippen molar-refractivity contribution in [3.05, 3.63) is 41.4 Å². The standard InChI is InChI=1S/C9H10BrNS/c1-2-7-11-12-9-6-4-3-5-8(9)10/h2-6,11H,1,7H2. The number of halogens is 1. The average Bonchev–Trinajstić information content (AvgIpc) is 2.09. The van der Waals surface area contributed by atoms with Crippen molar-refractivity contribution < 1.29 is 0 Å². The Hall–Kier alpha value is -0.250. The monoisotopic (exact) mass is 243 g/mol. The van der Waals surface area contributed by atoms with E-state index < -0.39 is 0 Å². The van der Waals surface area contributed by atoms with Gasteiger partial charge in [-0.1, -0.05) is 18.2 Å². The van der Waals surface area contributed by atoms with Crippen LogP contribution in [0.25, 0.3) is 0 Å². The molecule has 0 aliphatic heterocycles. The molecule has 0 atom stereocenters. The highest BCUT2D eigenvalue weighted by Gasteiger charge is 1.96. The molecule has 0 aliphatic carbocycles. The molecule has 1 nitrogen and oxygen atoms in total. The fourth-order valence-corrected chi connectivity index (χ4v) is 1.90. The quantitative estimate of drug-likeness (QED) is 0.495. The molecule has 0 bridgehead atoms. The molecule has 1 N–H and O–H groups in total. The van der Waals surface area contributed by atoms with Crippen LogP contribution in [-0.2, 0) is 0 Å². The molecule has 0 spiro atoms. The van der Waals surface area contributed by atoms with E-state index in [0.717, 1.165) is 11.0 Å². The number of hydrogen-bond donors (Lipinski definition) is 1. The minimum atomic E-state index is 0.812. The fourth-order valence-electron chi connectivity index (χ4n) is 0.706. The van der Waals surface area contributed by atoms with Crippen LogP contribution in [0.1, 0.15) is 0 Å². The van der Waals surface area contributed by atoms with Gasteiger partial charge in [-0.3, -0.25) is 4.72 Å². The molecular weight excluding hydrogens is 234 g/mol. The average molecular weight is 244 g/mol. The summed E-state index contributed by atoms with van der Waals surface area (Å²) in [6.07, 6.45) is 1.84. The molecule has 0 radical (unpaired) electrons. The van der Waals surface area contributed by atoms with Crippen molar-refractivity contribution in [3.8, 4) is 0 Å². The molecule has 3 heteroatoms. The summed E-state index contributed by atoms with van der Waals surface area (Å²) in [6, 6.07) is 8.10. The van der Waals surface area contributed by atoms with Gasteiger partial charge in [0.2, 0.25) is 0 Å². The van der Waals surface area contributed by atoms with Gasteiger partial charge in [-0.05, 0) is 40.0 Å². The summed E-state index contributed by atoms with van der Waals surface area (Å²) >= 11 is 5.07. The van der Waals surface area contributed by atoms with Crippen molar-refractivity contribution in [2.45, 2.75) is 4.90 Å². The summed E-state index contributed by atoms with van der Waals surface area (Å²) in [4.78, 5) is 1.19. The van der Waals surface area contributed by atoms with E-state index in [-0.39, 0.29) is 0 Å². The van der Waals surface area contributed by atoms with Crippen LogP contribution in [-0.4, -0.2) is 6.54 Å². The molecule has 0 amide bonds. The molecule has 0 unspecified atom stereocenters. The summed E-state index contributed by atoms with van der Waals surface area (Å²) < 4.78 is 4.28. The minimum Gasteiger partial charge on any atom is -0.256 e. The third-order valence-electron chi connectivity index (χ3n) is 1.25. The van der Waals surface area contributed by atoms with Crippen LogP contribution in [0, 0.1) is 0 Å². The zero-order chi connectivity index (χ0) is 8.81. The highest BCUT2D eigenvalue weighted by Crippen LogP contribution is 2.24. The molecule has 0 aromatic heterocycles.